The summed E-state index contributed by atoms with van der Waals surface area (Å²) in [6.07, 6.45) is 7.64. The number of Topliss-reactive ketones (excluding diaryl/α,β-unsaturated/α-hetero) is 1. The van der Waals surface area contributed by atoms with Gasteiger partial charge in [0, 0.05) is 24.4 Å². The first-order valence-corrected chi connectivity index (χ1v) is 7.79. The third-order valence-electron chi connectivity index (χ3n) is 5.06. The Morgan fingerprint density at radius 3 is 2.44 bits per heavy atom. The Hall–Kier alpha value is -0.370. The lowest BCUT2D eigenvalue weighted by Crippen LogP contribution is -2.43. The highest BCUT2D eigenvalue weighted by atomic mass is 16.1. The van der Waals surface area contributed by atoms with Crippen molar-refractivity contribution in [2.75, 3.05) is 19.6 Å². The molecular weight excluding hydrogens is 222 g/mol. The van der Waals surface area contributed by atoms with Gasteiger partial charge in [0.05, 0.1) is 0 Å². The van der Waals surface area contributed by atoms with Crippen LogP contribution in [0.1, 0.15) is 59.3 Å². The first kappa shape index (κ1) is 14.0. The molecule has 0 aromatic rings. The number of rotatable bonds is 5. The van der Waals surface area contributed by atoms with Crippen LogP contribution in [0.2, 0.25) is 0 Å². The van der Waals surface area contributed by atoms with E-state index >= 15 is 0 Å². The molecule has 0 radical (unpaired) electrons. The lowest BCUT2D eigenvalue weighted by Gasteiger charge is -2.38. The first-order valence-electron chi connectivity index (χ1n) is 7.79. The highest BCUT2D eigenvalue weighted by Crippen LogP contribution is 2.36. The van der Waals surface area contributed by atoms with Gasteiger partial charge in [0.25, 0.3) is 0 Å². The maximum atomic E-state index is 12.4. The topological polar surface area (TPSA) is 20.3 Å². The minimum Gasteiger partial charge on any atom is -0.303 e. The fraction of sp³-hybridized carbons (Fsp3) is 0.938. The number of nitrogens with zero attached hydrogens (tertiary/aromatic N) is 1. The molecular formula is C16H29NO. The summed E-state index contributed by atoms with van der Waals surface area (Å²) in [5, 5.41) is 0. The number of hydrogen-bond donors (Lipinski definition) is 0. The summed E-state index contributed by atoms with van der Waals surface area (Å²) >= 11 is 0. The fourth-order valence-corrected chi connectivity index (χ4v) is 3.46. The fourth-order valence-electron chi connectivity index (χ4n) is 3.46. The Balaban J connectivity index is 1.87. The van der Waals surface area contributed by atoms with E-state index in [1.165, 1.54) is 32.2 Å². The van der Waals surface area contributed by atoms with Crippen molar-refractivity contribution < 1.29 is 4.79 Å². The van der Waals surface area contributed by atoms with Gasteiger partial charge in [-0.3, -0.25) is 4.79 Å². The molecule has 2 nitrogen and oxygen atoms in total. The van der Waals surface area contributed by atoms with Crippen LogP contribution < -0.4 is 0 Å². The molecule has 1 unspecified atom stereocenters. The molecule has 0 bridgehead atoms. The molecule has 2 aliphatic rings. The maximum Gasteiger partial charge on any atom is 0.142 e. The Bertz CT molecular complexity index is 293. The van der Waals surface area contributed by atoms with Gasteiger partial charge in [0.2, 0.25) is 0 Å². The predicted molar refractivity (Wildman–Crippen MR) is 75.6 cm³/mol. The van der Waals surface area contributed by atoms with Crippen molar-refractivity contribution in [1.29, 1.82) is 0 Å². The summed E-state index contributed by atoms with van der Waals surface area (Å²) in [6, 6.07) is 0. The van der Waals surface area contributed by atoms with Crippen molar-refractivity contribution >= 4 is 5.78 Å². The third kappa shape index (κ3) is 3.14. The minimum absolute atomic E-state index is 0.0706. The van der Waals surface area contributed by atoms with Gasteiger partial charge in [-0.25, -0.2) is 0 Å². The molecule has 2 heteroatoms. The average molecular weight is 251 g/mol. The number of ketones is 1. The lowest BCUT2D eigenvalue weighted by molar-refractivity contribution is -0.135. The van der Waals surface area contributed by atoms with Crippen LogP contribution in [0.15, 0.2) is 0 Å². The summed E-state index contributed by atoms with van der Waals surface area (Å²) in [7, 11) is 0. The van der Waals surface area contributed by atoms with E-state index in [1.54, 1.807) is 0 Å². The van der Waals surface area contributed by atoms with Gasteiger partial charge in [-0.1, -0.05) is 33.6 Å². The molecule has 0 N–H and O–H groups in total. The Morgan fingerprint density at radius 1 is 1.17 bits per heavy atom. The Morgan fingerprint density at radius 2 is 1.89 bits per heavy atom. The van der Waals surface area contributed by atoms with Crippen LogP contribution in [0.25, 0.3) is 0 Å². The molecule has 2 saturated carbocycles. The van der Waals surface area contributed by atoms with E-state index in [9.17, 15) is 4.79 Å². The second-order valence-corrected chi connectivity index (χ2v) is 6.99. The van der Waals surface area contributed by atoms with Crippen molar-refractivity contribution in [3.8, 4) is 0 Å². The summed E-state index contributed by atoms with van der Waals surface area (Å²) in [6.45, 7) is 9.82. The monoisotopic (exact) mass is 251 g/mol. The molecule has 2 fully saturated rings. The van der Waals surface area contributed by atoms with E-state index in [0.717, 1.165) is 31.8 Å². The van der Waals surface area contributed by atoms with Crippen LogP contribution in [0.4, 0.5) is 0 Å². The molecule has 0 heterocycles. The maximum absolute atomic E-state index is 12.4. The highest BCUT2D eigenvalue weighted by molar-refractivity contribution is 5.87. The number of carbonyl (C=O) groups excluding carboxylic acids is 1. The van der Waals surface area contributed by atoms with Crippen molar-refractivity contribution in [2.45, 2.75) is 59.3 Å². The van der Waals surface area contributed by atoms with Gasteiger partial charge in [0.15, 0.2) is 0 Å². The molecule has 0 aromatic carbocycles. The molecule has 104 valence electrons. The molecule has 0 aliphatic heterocycles. The third-order valence-corrected chi connectivity index (χ3v) is 5.06. The highest BCUT2D eigenvalue weighted by Gasteiger charge is 2.37. The van der Waals surface area contributed by atoms with E-state index < -0.39 is 0 Å². The zero-order chi connectivity index (χ0) is 13.2. The molecule has 0 amide bonds. The Kier molecular flexibility index (Phi) is 4.47. The first-order chi connectivity index (χ1) is 8.53. The molecule has 2 aliphatic carbocycles. The SMILES string of the molecule is CCN(CC1CCC1)CC1CCCC(C)(C)C1=O. The summed E-state index contributed by atoms with van der Waals surface area (Å²) < 4.78 is 0. The smallest absolute Gasteiger partial charge is 0.142 e. The van der Waals surface area contributed by atoms with Crippen LogP contribution in [0.3, 0.4) is 0 Å². The Labute approximate surface area is 112 Å². The number of hydrogen-bond acceptors (Lipinski definition) is 2. The quantitative estimate of drug-likeness (QED) is 0.745. The summed E-state index contributed by atoms with van der Waals surface area (Å²) in [5.74, 6) is 1.73. The van der Waals surface area contributed by atoms with E-state index in [-0.39, 0.29) is 5.41 Å². The van der Waals surface area contributed by atoms with Crippen LogP contribution in [-0.2, 0) is 4.79 Å². The molecule has 0 aromatic heterocycles. The molecule has 2 rings (SSSR count). The summed E-state index contributed by atoms with van der Waals surface area (Å²) in [4.78, 5) is 15.0. The van der Waals surface area contributed by atoms with Gasteiger partial charge >= 0.3 is 0 Å². The molecule has 0 saturated heterocycles. The average Bonchev–Trinajstić information content (AvgIpc) is 2.27. The van der Waals surface area contributed by atoms with Crippen molar-refractivity contribution in [3.05, 3.63) is 0 Å². The van der Waals surface area contributed by atoms with Crippen molar-refractivity contribution in [2.24, 2.45) is 17.3 Å². The van der Waals surface area contributed by atoms with Crippen LogP contribution in [-0.4, -0.2) is 30.3 Å². The second kappa shape index (κ2) is 5.73. The van der Waals surface area contributed by atoms with Gasteiger partial charge in [-0.2, -0.15) is 0 Å². The normalized spacial score (nSPS) is 28.4. The largest absolute Gasteiger partial charge is 0.303 e. The van der Waals surface area contributed by atoms with Crippen molar-refractivity contribution in [1.82, 2.24) is 4.90 Å². The van der Waals surface area contributed by atoms with Crippen LogP contribution in [0, 0.1) is 17.3 Å². The minimum atomic E-state index is -0.0706. The van der Waals surface area contributed by atoms with Crippen LogP contribution >= 0.6 is 0 Å². The predicted octanol–water partition coefficient (Wildman–Crippen LogP) is 3.50. The summed E-state index contributed by atoms with van der Waals surface area (Å²) in [5.41, 5.74) is -0.0706. The van der Waals surface area contributed by atoms with Gasteiger partial charge < -0.3 is 4.90 Å². The molecule has 0 spiro atoms. The van der Waals surface area contributed by atoms with E-state index in [1.807, 2.05) is 0 Å². The lowest BCUT2D eigenvalue weighted by atomic mass is 9.71. The van der Waals surface area contributed by atoms with E-state index in [0.29, 0.717) is 11.7 Å². The van der Waals surface area contributed by atoms with E-state index in [4.69, 9.17) is 0 Å². The number of carbonyl (C=O) groups is 1. The second-order valence-electron chi connectivity index (χ2n) is 6.99. The standard InChI is InChI=1S/C16H29NO/c1-4-17(11-13-7-5-8-13)12-14-9-6-10-16(2,3)15(14)18/h13-14H,4-12H2,1-3H3. The van der Waals surface area contributed by atoms with Crippen LogP contribution in [0.5, 0.6) is 0 Å². The molecule has 1 atom stereocenters. The van der Waals surface area contributed by atoms with Gasteiger partial charge in [0.1, 0.15) is 5.78 Å². The zero-order valence-electron chi connectivity index (χ0n) is 12.4. The van der Waals surface area contributed by atoms with Crippen molar-refractivity contribution in [3.63, 3.8) is 0 Å². The van der Waals surface area contributed by atoms with E-state index in [2.05, 4.69) is 25.7 Å². The zero-order valence-corrected chi connectivity index (χ0v) is 12.4. The van der Waals surface area contributed by atoms with Gasteiger partial charge in [-0.05, 0) is 38.1 Å². The van der Waals surface area contributed by atoms with Gasteiger partial charge in [-0.15, -0.1) is 0 Å². The molecule has 18 heavy (non-hydrogen) atoms.